The summed E-state index contributed by atoms with van der Waals surface area (Å²) in [6, 6.07) is 2.10. The molecule has 2 aromatic heterocycles. The summed E-state index contributed by atoms with van der Waals surface area (Å²) in [5, 5.41) is 10.2. The Bertz CT molecular complexity index is 577. The lowest BCUT2D eigenvalue weighted by Gasteiger charge is -2.12. The summed E-state index contributed by atoms with van der Waals surface area (Å²) < 4.78 is 1.61. The van der Waals surface area contributed by atoms with E-state index in [0.29, 0.717) is 17.8 Å². The first-order valence-electron chi connectivity index (χ1n) is 6.44. The van der Waals surface area contributed by atoms with Gasteiger partial charge in [-0.1, -0.05) is 6.92 Å². The summed E-state index contributed by atoms with van der Waals surface area (Å²) in [6.07, 6.45) is 3.35. The molecular formula is C13H19N5O. The Hall–Kier alpha value is -1.95. The van der Waals surface area contributed by atoms with Gasteiger partial charge in [0.15, 0.2) is 5.65 Å². The van der Waals surface area contributed by atoms with Crippen molar-refractivity contribution in [1.82, 2.24) is 25.2 Å². The molecule has 2 heterocycles. The molecule has 102 valence electrons. The van der Waals surface area contributed by atoms with Gasteiger partial charge in [-0.3, -0.25) is 4.79 Å². The Balaban J connectivity index is 2.11. The lowest BCUT2D eigenvalue weighted by Crippen LogP contribution is -2.38. The molecule has 0 aliphatic rings. The Morgan fingerprint density at radius 2 is 2.32 bits per heavy atom. The molecule has 2 aromatic rings. The lowest BCUT2D eigenvalue weighted by atomic mass is 10.3. The number of nitrogens with zero attached hydrogens (tertiary/aromatic N) is 3. The standard InChI is InChI=1S/C13H19N5O/c1-4-14-10(3)7-15-13(19)11-8-16-18-6-5-9(2)17-12(11)18/h5-6,8,10,14H,4,7H2,1-3H3,(H,15,19)/t10-/m1/s1. The molecule has 0 saturated heterocycles. The molecule has 1 amide bonds. The van der Waals surface area contributed by atoms with Gasteiger partial charge < -0.3 is 10.6 Å². The van der Waals surface area contributed by atoms with Crippen LogP contribution < -0.4 is 10.6 Å². The number of hydrogen-bond acceptors (Lipinski definition) is 4. The van der Waals surface area contributed by atoms with Gasteiger partial charge in [0.05, 0.1) is 6.20 Å². The molecule has 0 aromatic carbocycles. The number of nitrogens with one attached hydrogen (secondary N) is 2. The minimum Gasteiger partial charge on any atom is -0.350 e. The van der Waals surface area contributed by atoms with Gasteiger partial charge in [0.25, 0.3) is 5.91 Å². The number of aromatic nitrogens is 3. The minimum atomic E-state index is -0.141. The van der Waals surface area contributed by atoms with Crippen LogP contribution in [0.3, 0.4) is 0 Å². The molecule has 0 radical (unpaired) electrons. The topological polar surface area (TPSA) is 71.3 Å². The second kappa shape index (κ2) is 5.79. The molecule has 6 heteroatoms. The molecule has 0 unspecified atom stereocenters. The third-order valence-corrected chi connectivity index (χ3v) is 2.87. The highest BCUT2D eigenvalue weighted by Gasteiger charge is 2.14. The largest absolute Gasteiger partial charge is 0.350 e. The van der Waals surface area contributed by atoms with E-state index in [4.69, 9.17) is 0 Å². The van der Waals surface area contributed by atoms with Gasteiger partial charge in [-0.05, 0) is 26.5 Å². The highest BCUT2D eigenvalue weighted by atomic mass is 16.1. The normalized spacial score (nSPS) is 12.6. The number of rotatable bonds is 5. The fourth-order valence-corrected chi connectivity index (χ4v) is 1.88. The number of amides is 1. The van der Waals surface area contributed by atoms with Crippen LogP contribution in [0.15, 0.2) is 18.5 Å². The average molecular weight is 261 g/mol. The lowest BCUT2D eigenvalue weighted by molar-refractivity contribution is 0.0951. The van der Waals surface area contributed by atoms with Crippen molar-refractivity contribution < 1.29 is 4.79 Å². The SMILES string of the molecule is CCN[C@H](C)CNC(=O)c1cnn2ccc(C)nc12. The zero-order valence-electron chi connectivity index (χ0n) is 11.5. The minimum absolute atomic E-state index is 0.141. The maximum Gasteiger partial charge on any atom is 0.256 e. The van der Waals surface area contributed by atoms with Gasteiger partial charge >= 0.3 is 0 Å². The average Bonchev–Trinajstić information content (AvgIpc) is 2.79. The van der Waals surface area contributed by atoms with Crippen LogP contribution in [0.4, 0.5) is 0 Å². The van der Waals surface area contributed by atoms with Crippen molar-refractivity contribution in [1.29, 1.82) is 0 Å². The molecule has 0 aliphatic heterocycles. The van der Waals surface area contributed by atoms with Crippen LogP contribution in [-0.4, -0.2) is 39.6 Å². The van der Waals surface area contributed by atoms with Crippen molar-refractivity contribution in [2.75, 3.05) is 13.1 Å². The van der Waals surface area contributed by atoms with Crippen molar-refractivity contribution in [3.8, 4) is 0 Å². The summed E-state index contributed by atoms with van der Waals surface area (Å²) in [4.78, 5) is 16.5. The predicted octanol–water partition coefficient (Wildman–Crippen LogP) is 0.766. The number of likely N-dealkylation sites (N-methyl/N-ethyl adjacent to an activating group) is 1. The Labute approximate surface area is 112 Å². The zero-order valence-corrected chi connectivity index (χ0v) is 11.5. The van der Waals surface area contributed by atoms with Gasteiger partial charge in [0.1, 0.15) is 5.56 Å². The van der Waals surface area contributed by atoms with Crippen molar-refractivity contribution in [2.45, 2.75) is 26.8 Å². The molecule has 0 saturated carbocycles. The Morgan fingerprint density at radius 1 is 1.53 bits per heavy atom. The van der Waals surface area contributed by atoms with Crippen LogP contribution in [0.1, 0.15) is 29.9 Å². The van der Waals surface area contributed by atoms with E-state index in [0.717, 1.165) is 12.2 Å². The van der Waals surface area contributed by atoms with E-state index in [1.165, 1.54) is 0 Å². The first kappa shape index (κ1) is 13.5. The second-order valence-corrected chi connectivity index (χ2v) is 4.56. The van der Waals surface area contributed by atoms with Crippen molar-refractivity contribution in [2.24, 2.45) is 0 Å². The Morgan fingerprint density at radius 3 is 3.05 bits per heavy atom. The quantitative estimate of drug-likeness (QED) is 0.834. The van der Waals surface area contributed by atoms with E-state index in [2.05, 4.69) is 20.7 Å². The van der Waals surface area contributed by atoms with E-state index in [9.17, 15) is 4.79 Å². The van der Waals surface area contributed by atoms with Crippen LogP contribution >= 0.6 is 0 Å². The number of carbonyl (C=O) groups is 1. The Kier molecular flexibility index (Phi) is 4.11. The molecular weight excluding hydrogens is 242 g/mol. The summed E-state index contributed by atoms with van der Waals surface area (Å²) >= 11 is 0. The fraction of sp³-hybridized carbons (Fsp3) is 0.462. The number of aryl methyl sites for hydroxylation is 1. The van der Waals surface area contributed by atoms with Crippen LogP contribution in [0.2, 0.25) is 0 Å². The molecule has 0 bridgehead atoms. The summed E-state index contributed by atoms with van der Waals surface area (Å²) in [5.74, 6) is -0.141. The van der Waals surface area contributed by atoms with E-state index in [-0.39, 0.29) is 11.9 Å². The number of carbonyl (C=O) groups excluding carboxylic acids is 1. The van der Waals surface area contributed by atoms with Gasteiger partial charge in [-0.15, -0.1) is 0 Å². The molecule has 1 atom stereocenters. The van der Waals surface area contributed by atoms with Crippen LogP contribution in [0, 0.1) is 6.92 Å². The number of hydrogen-bond donors (Lipinski definition) is 2. The second-order valence-electron chi connectivity index (χ2n) is 4.56. The van der Waals surface area contributed by atoms with Gasteiger partial charge in [-0.2, -0.15) is 5.10 Å². The summed E-state index contributed by atoms with van der Waals surface area (Å²) in [5.41, 5.74) is 1.96. The molecule has 0 aliphatic carbocycles. The van der Waals surface area contributed by atoms with Crippen LogP contribution in [0.25, 0.3) is 5.65 Å². The van der Waals surface area contributed by atoms with E-state index < -0.39 is 0 Å². The third-order valence-electron chi connectivity index (χ3n) is 2.87. The smallest absolute Gasteiger partial charge is 0.256 e. The van der Waals surface area contributed by atoms with Crippen molar-refractivity contribution in [3.05, 3.63) is 29.7 Å². The van der Waals surface area contributed by atoms with Gasteiger partial charge in [-0.25, -0.2) is 9.50 Å². The van der Waals surface area contributed by atoms with Crippen molar-refractivity contribution in [3.63, 3.8) is 0 Å². The predicted molar refractivity (Wildman–Crippen MR) is 73.2 cm³/mol. The zero-order chi connectivity index (χ0) is 13.8. The maximum absolute atomic E-state index is 12.1. The molecule has 0 spiro atoms. The monoisotopic (exact) mass is 261 g/mol. The van der Waals surface area contributed by atoms with Crippen molar-refractivity contribution >= 4 is 11.6 Å². The van der Waals surface area contributed by atoms with E-state index >= 15 is 0 Å². The van der Waals surface area contributed by atoms with E-state index in [1.54, 1.807) is 16.9 Å². The molecule has 6 nitrogen and oxygen atoms in total. The molecule has 0 fully saturated rings. The molecule has 19 heavy (non-hydrogen) atoms. The first-order chi connectivity index (χ1) is 9.11. The number of fused-ring (bicyclic) bond motifs is 1. The molecule has 2 N–H and O–H groups in total. The maximum atomic E-state index is 12.1. The highest BCUT2D eigenvalue weighted by Crippen LogP contribution is 2.08. The van der Waals surface area contributed by atoms with Gasteiger partial charge in [0.2, 0.25) is 0 Å². The third kappa shape index (κ3) is 3.08. The fourth-order valence-electron chi connectivity index (χ4n) is 1.88. The van der Waals surface area contributed by atoms with E-state index in [1.807, 2.05) is 26.8 Å². The van der Waals surface area contributed by atoms with Crippen LogP contribution in [0.5, 0.6) is 0 Å². The summed E-state index contributed by atoms with van der Waals surface area (Å²) in [7, 11) is 0. The molecule has 2 rings (SSSR count). The first-order valence-corrected chi connectivity index (χ1v) is 6.44. The highest BCUT2D eigenvalue weighted by molar-refractivity contribution is 5.99. The van der Waals surface area contributed by atoms with Gasteiger partial charge in [0, 0.05) is 24.5 Å². The summed E-state index contributed by atoms with van der Waals surface area (Å²) in [6.45, 7) is 7.42. The van der Waals surface area contributed by atoms with Crippen LogP contribution in [-0.2, 0) is 0 Å².